The summed E-state index contributed by atoms with van der Waals surface area (Å²) in [4.78, 5) is 27.0. The Kier molecular flexibility index (Phi) is 8.89. The predicted molar refractivity (Wildman–Crippen MR) is 139 cm³/mol. The van der Waals surface area contributed by atoms with Crippen LogP contribution in [0, 0.1) is 0 Å². The fourth-order valence-corrected chi connectivity index (χ4v) is 5.07. The first kappa shape index (κ1) is 31.3. The first-order valence-electron chi connectivity index (χ1n) is 12.7. The van der Waals surface area contributed by atoms with E-state index in [-0.39, 0.29) is 5.75 Å². The molecule has 0 radical (unpaired) electrons. The van der Waals surface area contributed by atoms with Gasteiger partial charge in [-0.05, 0) is 29.8 Å². The second kappa shape index (κ2) is 11.9. The summed E-state index contributed by atoms with van der Waals surface area (Å²) in [5.41, 5.74) is -5.57. The molecule has 0 bridgehead atoms. The number of nitrogens with one attached hydrogen (secondary N) is 1. The fraction of sp³-hybridized carbons (Fsp3) is 0.407. The van der Waals surface area contributed by atoms with Crippen molar-refractivity contribution in [2.75, 3.05) is 13.2 Å². The lowest BCUT2D eigenvalue weighted by Gasteiger charge is -2.47. The standard InChI is InChI=1S/C27H31NO14/c29-8-13-20(35)22(37)18(28-13)19(34)12-7-15(33)17(14(32)6-3-10-1-4-11(31)5-2-10)25(40)27(12,41)26-24(39)23(38)21(36)16(9-30)42-26/h1-7,13,16,20-24,26,28-32,34-39,41H,8-9H2/b6-3?,17-14?,19-18+/t13?,16?,20?,21-,22?,23+,24?,26-,27?/m1/s1. The van der Waals surface area contributed by atoms with Gasteiger partial charge < -0.3 is 66.2 Å². The van der Waals surface area contributed by atoms with Crippen molar-refractivity contribution < 1.29 is 70.5 Å². The van der Waals surface area contributed by atoms with Crippen LogP contribution in [-0.2, 0) is 14.3 Å². The highest BCUT2D eigenvalue weighted by Gasteiger charge is 2.61. The Morgan fingerprint density at radius 3 is 2.14 bits per heavy atom. The molecule has 228 valence electrons. The Morgan fingerprint density at radius 1 is 0.929 bits per heavy atom. The first-order valence-corrected chi connectivity index (χ1v) is 12.7. The molecule has 0 saturated carbocycles. The highest BCUT2D eigenvalue weighted by Crippen LogP contribution is 2.42. The lowest BCUT2D eigenvalue weighted by Crippen LogP contribution is -2.69. The molecule has 1 aromatic carbocycles. The zero-order valence-corrected chi connectivity index (χ0v) is 21.7. The summed E-state index contributed by atoms with van der Waals surface area (Å²) in [6.07, 6.45) is -11.2. The van der Waals surface area contributed by atoms with Crippen LogP contribution in [-0.4, -0.2) is 135 Å². The summed E-state index contributed by atoms with van der Waals surface area (Å²) in [7, 11) is 0. The van der Waals surface area contributed by atoms with E-state index in [1.165, 1.54) is 30.3 Å². The number of rotatable bonds is 6. The Hall–Kier alpha value is -3.64. The highest BCUT2D eigenvalue weighted by atomic mass is 16.6. The van der Waals surface area contributed by atoms with Gasteiger partial charge in [0.2, 0.25) is 5.78 Å². The van der Waals surface area contributed by atoms with Crippen LogP contribution in [0.4, 0.5) is 0 Å². The van der Waals surface area contributed by atoms with Crippen molar-refractivity contribution in [2.45, 2.75) is 54.4 Å². The van der Waals surface area contributed by atoms with Crippen molar-refractivity contribution in [1.82, 2.24) is 5.32 Å². The van der Waals surface area contributed by atoms with Gasteiger partial charge in [-0.15, -0.1) is 0 Å². The van der Waals surface area contributed by atoms with Gasteiger partial charge in [0.15, 0.2) is 11.4 Å². The largest absolute Gasteiger partial charge is 0.508 e. The topological polar surface area (TPSA) is 278 Å². The minimum atomic E-state index is -3.32. The third kappa shape index (κ3) is 5.22. The number of Topliss-reactive ketones (excluding diaryl/α,β-unsaturated/α-hetero) is 1. The van der Waals surface area contributed by atoms with E-state index < -0.39 is 108 Å². The maximum Gasteiger partial charge on any atom is 0.209 e. The summed E-state index contributed by atoms with van der Waals surface area (Å²) in [5, 5.41) is 117. The average molecular weight is 594 g/mol. The van der Waals surface area contributed by atoms with Crippen LogP contribution < -0.4 is 5.32 Å². The molecule has 4 rings (SSSR count). The molecular weight excluding hydrogens is 562 g/mol. The van der Waals surface area contributed by atoms with Crippen molar-refractivity contribution in [3.05, 3.63) is 70.3 Å². The number of phenols is 1. The van der Waals surface area contributed by atoms with Crippen molar-refractivity contribution in [3.63, 3.8) is 0 Å². The van der Waals surface area contributed by atoms with Gasteiger partial charge in [-0.1, -0.05) is 18.2 Å². The van der Waals surface area contributed by atoms with E-state index in [1.807, 2.05) is 0 Å². The molecule has 15 heteroatoms. The lowest BCUT2D eigenvalue weighted by atomic mass is 9.70. The first-order chi connectivity index (χ1) is 19.8. The normalized spacial score (nSPS) is 38.0. The lowest BCUT2D eigenvalue weighted by molar-refractivity contribution is -0.259. The summed E-state index contributed by atoms with van der Waals surface area (Å²) in [6.45, 7) is -1.69. The molecular formula is C27H31NO14. The van der Waals surface area contributed by atoms with Gasteiger partial charge >= 0.3 is 0 Å². The number of phenolic OH excluding ortho intramolecular Hbond substituents is 1. The number of benzene rings is 1. The Balaban J connectivity index is 1.89. The molecule has 3 aliphatic rings. The van der Waals surface area contributed by atoms with E-state index in [0.29, 0.717) is 11.6 Å². The molecule has 2 heterocycles. The van der Waals surface area contributed by atoms with Crippen LogP contribution >= 0.6 is 0 Å². The number of hydrogen-bond acceptors (Lipinski definition) is 15. The zero-order chi connectivity index (χ0) is 31.1. The molecule has 42 heavy (non-hydrogen) atoms. The van der Waals surface area contributed by atoms with E-state index in [4.69, 9.17) is 4.74 Å². The molecule has 2 saturated heterocycles. The minimum absolute atomic E-state index is 0.0525. The van der Waals surface area contributed by atoms with E-state index >= 15 is 0 Å². The average Bonchev–Trinajstić information content (AvgIpc) is 3.26. The second-order valence-electron chi connectivity index (χ2n) is 10.1. The molecule has 1 aliphatic carbocycles. The molecule has 12 N–H and O–H groups in total. The van der Waals surface area contributed by atoms with E-state index in [1.54, 1.807) is 0 Å². The molecule has 2 fully saturated rings. The number of carbonyl (C=O) groups is 2. The third-order valence-corrected chi connectivity index (χ3v) is 7.47. The van der Waals surface area contributed by atoms with E-state index in [2.05, 4.69) is 5.32 Å². The van der Waals surface area contributed by atoms with Crippen molar-refractivity contribution >= 4 is 17.6 Å². The van der Waals surface area contributed by atoms with Crippen LogP contribution in [0.5, 0.6) is 5.75 Å². The van der Waals surface area contributed by atoms with Crippen LogP contribution in [0.3, 0.4) is 0 Å². The van der Waals surface area contributed by atoms with Gasteiger partial charge in [0.25, 0.3) is 0 Å². The summed E-state index contributed by atoms with van der Waals surface area (Å²) < 4.78 is 5.40. The van der Waals surface area contributed by atoms with Crippen molar-refractivity contribution in [1.29, 1.82) is 0 Å². The van der Waals surface area contributed by atoms with Gasteiger partial charge in [-0.3, -0.25) is 9.59 Å². The van der Waals surface area contributed by atoms with E-state index in [0.717, 1.165) is 6.08 Å². The molecule has 2 aliphatic heterocycles. The number of aromatic hydroxyl groups is 1. The number of hydrogen-bond donors (Lipinski definition) is 12. The summed E-state index contributed by atoms with van der Waals surface area (Å²) in [6, 6.07) is 4.32. The van der Waals surface area contributed by atoms with E-state index in [9.17, 15) is 65.8 Å². The van der Waals surface area contributed by atoms with Crippen molar-refractivity contribution in [2.24, 2.45) is 0 Å². The Labute approximate surface area is 237 Å². The number of carbonyl (C=O) groups excluding carboxylic acids is 2. The molecule has 1 aromatic rings. The maximum absolute atomic E-state index is 13.9. The third-order valence-electron chi connectivity index (χ3n) is 7.47. The quantitative estimate of drug-likeness (QED) is 0.0860. The SMILES string of the molecule is O=C1C=C(/C(O)=C2\NC(CO)C(O)C2O)C(O)([C@@H]2OC(CO)[C@@H](O)[C@H](O)C2O)C(=O)C1=C(O)C=Cc1ccc(O)cc1. The zero-order valence-electron chi connectivity index (χ0n) is 21.7. The smallest absolute Gasteiger partial charge is 0.209 e. The molecule has 6 unspecified atom stereocenters. The summed E-state index contributed by atoms with van der Waals surface area (Å²) in [5.74, 6) is -5.09. The number of allylic oxidation sites excluding steroid dienone is 2. The van der Waals surface area contributed by atoms with Gasteiger partial charge in [-0.25, -0.2) is 0 Å². The van der Waals surface area contributed by atoms with Gasteiger partial charge in [0, 0.05) is 5.57 Å². The monoisotopic (exact) mass is 593 g/mol. The molecule has 0 spiro atoms. The maximum atomic E-state index is 13.9. The number of ether oxygens (including phenoxy) is 1. The molecule has 15 nitrogen and oxygen atoms in total. The van der Waals surface area contributed by atoms with Crippen LogP contribution in [0.1, 0.15) is 5.56 Å². The number of aliphatic hydroxyl groups is 10. The minimum Gasteiger partial charge on any atom is -0.508 e. The molecule has 9 atom stereocenters. The van der Waals surface area contributed by atoms with Crippen molar-refractivity contribution in [3.8, 4) is 5.75 Å². The number of aliphatic hydroxyl groups excluding tert-OH is 9. The molecule has 0 amide bonds. The van der Waals surface area contributed by atoms with Gasteiger partial charge in [-0.2, -0.15) is 0 Å². The van der Waals surface area contributed by atoms with Gasteiger partial charge in [0.1, 0.15) is 65.6 Å². The van der Waals surface area contributed by atoms with Crippen LogP contribution in [0.2, 0.25) is 0 Å². The van der Waals surface area contributed by atoms with Gasteiger partial charge in [0.05, 0.1) is 25.0 Å². The highest BCUT2D eigenvalue weighted by molar-refractivity contribution is 6.31. The molecule has 0 aromatic heterocycles. The Morgan fingerprint density at radius 2 is 1.57 bits per heavy atom. The Bertz CT molecular complexity index is 1350. The summed E-state index contributed by atoms with van der Waals surface area (Å²) >= 11 is 0. The van der Waals surface area contributed by atoms with Crippen LogP contribution in [0.15, 0.2) is 64.8 Å². The van der Waals surface area contributed by atoms with Crippen LogP contribution in [0.25, 0.3) is 6.08 Å². The number of ketones is 2. The second-order valence-corrected chi connectivity index (χ2v) is 10.1. The predicted octanol–water partition coefficient (Wildman–Crippen LogP) is -3.68. The fourth-order valence-electron chi connectivity index (χ4n) is 5.07.